The molecule has 2 heterocycles. The summed E-state index contributed by atoms with van der Waals surface area (Å²) in [6.07, 6.45) is 2.43. The molecule has 192 valence electrons. The van der Waals surface area contributed by atoms with Crippen molar-refractivity contribution in [2.24, 2.45) is 11.1 Å². The molecule has 0 saturated carbocycles. The van der Waals surface area contributed by atoms with Gasteiger partial charge in [-0.15, -0.1) is 0 Å². The van der Waals surface area contributed by atoms with E-state index in [0.29, 0.717) is 17.7 Å². The predicted molar refractivity (Wildman–Crippen MR) is 142 cm³/mol. The van der Waals surface area contributed by atoms with E-state index in [9.17, 15) is 19.6 Å². The third-order valence-electron chi connectivity index (χ3n) is 6.33. The molecule has 0 fully saturated rings. The average Bonchev–Trinajstić information content (AvgIpc) is 3.30. The van der Waals surface area contributed by atoms with Crippen LogP contribution >= 0.6 is 0 Å². The first kappa shape index (κ1) is 26.3. The smallest absolute Gasteiger partial charge is 0.426 e. The Balaban J connectivity index is 1.48. The van der Waals surface area contributed by atoms with E-state index in [0.717, 1.165) is 16.5 Å². The summed E-state index contributed by atoms with van der Waals surface area (Å²) in [6.45, 7) is 3.96. The monoisotopic (exact) mass is 502 g/mol. The van der Waals surface area contributed by atoms with Gasteiger partial charge in [0.1, 0.15) is 0 Å². The molecule has 37 heavy (non-hydrogen) atoms. The lowest BCUT2D eigenvalue weighted by molar-refractivity contribution is -0.144. The molecule has 0 spiro atoms. The Kier molecular flexibility index (Phi) is 8.20. The van der Waals surface area contributed by atoms with Crippen molar-refractivity contribution in [3.63, 3.8) is 0 Å². The highest BCUT2D eigenvalue weighted by Crippen LogP contribution is 2.29. The molecule has 4 N–H and O–H groups in total. The van der Waals surface area contributed by atoms with Gasteiger partial charge in [0.15, 0.2) is 0 Å². The number of carbonyl (C=O) groups is 2. The van der Waals surface area contributed by atoms with E-state index in [1.54, 1.807) is 24.4 Å². The minimum Gasteiger partial charge on any atom is -0.426 e. The fourth-order valence-electron chi connectivity index (χ4n) is 4.51. The van der Waals surface area contributed by atoms with Crippen LogP contribution in [0.2, 0.25) is 0 Å². The first-order valence-electron chi connectivity index (χ1n) is 12.3. The second kappa shape index (κ2) is 11.5. The number of fused-ring (bicyclic) bond motifs is 1. The van der Waals surface area contributed by atoms with Crippen LogP contribution in [-0.2, 0) is 16.1 Å². The zero-order valence-electron chi connectivity index (χ0n) is 20.9. The molecular weight excluding hydrogens is 471 g/mol. The number of pyridine rings is 1. The van der Waals surface area contributed by atoms with Crippen molar-refractivity contribution in [3.05, 3.63) is 78.0 Å². The Bertz CT molecular complexity index is 1280. The predicted octanol–water partition coefficient (Wildman–Crippen LogP) is 2.27. The molecule has 2 atom stereocenters. The Morgan fingerprint density at radius 3 is 2.59 bits per heavy atom. The van der Waals surface area contributed by atoms with Gasteiger partial charge in [-0.2, -0.15) is 0 Å². The molecule has 10 heteroatoms. The second-order valence-electron chi connectivity index (χ2n) is 9.76. The summed E-state index contributed by atoms with van der Waals surface area (Å²) in [4.78, 5) is 36.5. The van der Waals surface area contributed by atoms with Crippen molar-refractivity contribution in [1.82, 2.24) is 15.6 Å². The van der Waals surface area contributed by atoms with Crippen LogP contribution in [0, 0.1) is 5.92 Å². The van der Waals surface area contributed by atoms with E-state index in [2.05, 4.69) is 20.8 Å². The molecule has 1 aromatic heterocycles. The standard InChI is InChI=1S/C27H31BN4O5/c1-18(2)14-24(28(35)36)31-26(34)27(15-19-8-4-3-5-9-19)16-20(32-37-27)17-30-25(33)22-10-6-12-23-21(22)11-7-13-29-23/h3-13,18,24,35-36H,14-17H2,1-2H3,(H,30,33)(H,31,34)/t24-,27?/m0/s1. The number of nitrogens with zero attached hydrogens (tertiary/aromatic N) is 2. The van der Waals surface area contributed by atoms with Crippen molar-refractivity contribution in [2.75, 3.05) is 6.54 Å². The number of carbonyl (C=O) groups excluding carboxylic acids is 2. The minimum atomic E-state index is -1.71. The highest BCUT2D eigenvalue weighted by atomic mass is 16.7. The Morgan fingerprint density at radius 2 is 1.86 bits per heavy atom. The molecule has 3 aromatic rings. The molecule has 0 radical (unpaired) electrons. The normalized spacial score (nSPS) is 17.7. The van der Waals surface area contributed by atoms with Gasteiger partial charge < -0.3 is 25.5 Å². The SMILES string of the molecule is CC(C)C[C@H](NC(=O)C1(Cc2ccccc2)CC(CNC(=O)c2cccc3ncccc23)=NO1)B(O)O. The summed E-state index contributed by atoms with van der Waals surface area (Å²) in [5, 5.41) is 30.2. The molecule has 2 amide bonds. The molecule has 9 nitrogen and oxygen atoms in total. The average molecular weight is 502 g/mol. The van der Waals surface area contributed by atoms with Crippen LogP contribution in [0.5, 0.6) is 0 Å². The maximum atomic E-state index is 13.5. The number of nitrogens with one attached hydrogen (secondary N) is 2. The Hall–Kier alpha value is -3.76. The largest absolute Gasteiger partial charge is 0.475 e. The summed E-state index contributed by atoms with van der Waals surface area (Å²) in [7, 11) is -1.71. The number of benzene rings is 2. The molecular formula is C27H31BN4O5. The molecule has 0 saturated heterocycles. The van der Waals surface area contributed by atoms with E-state index in [1.807, 2.05) is 56.3 Å². The zero-order valence-corrected chi connectivity index (χ0v) is 20.9. The lowest BCUT2D eigenvalue weighted by Gasteiger charge is -2.29. The molecule has 1 aliphatic rings. The van der Waals surface area contributed by atoms with E-state index in [-0.39, 0.29) is 31.2 Å². The van der Waals surface area contributed by atoms with Crippen LogP contribution in [0.3, 0.4) is 0 Å². The van der Waals surface area contributed by atoms with Gasteiger partial charge in [-0.25, -0.2) is 0 Å². The first-order chi connectivity index (χ1) is 17.8. The summed E-state index contributed by atoms with van der Waals surface area (Å²) >= 11 is 0. The fourth-order valence-corrected chi connectivity index (χ4v) is 4.51. The first-order valence-corrected chi connectivity index (χ1v) is 12.3. The second-order valence-corrected chi connectivity index (χ2v) is 9.76. The number of amides is 2. The van der Waals surface area contributed by atoms with Gasteiger partial charge >= 0.3 is 7.12 Å². The van der Waals surface area contributed by atoms with E-state index in [1.165, 1.54) is 0 Å². The van der Waals surface area contributed by atoms with Gasteiger partial charge in [0.2, 0.25) is 5.60 Å². The van der Waals surface area contributed by atoms with Gasteiger partial charge in [-0.3, -0.25) is 14.6 Å². The molecule has 4 rings (SSSR count). The summed E-state index contributed by atoms with van der Waals surface area (Å²) < 4.78 is 0. The number of hydrogen-bond donors (Lipinski definition) is 4. The lowest BCUT2D eigenvalue weighted by Crippen LogP contribution is -2.56. The van der Waals surface area contributed by atoms with Crippen LogP contribution in [0.4, 0.5) is 0 Å². The third kappa shape index (κ3) is 6.33. The fraction of sp³-hybridized carbons (Fsp3) is 0.333. The van der Waals surface area contributed by atoms with Crippen molar-refractivity contribution in [3.8, 4) is 0 Å². The number of oxime groups is 1. The molecule has 1 aliphatic heterocycles. The van der Waals surface area contributed by atoms with Crippen LogP contribution in [0.1, 0.15) is 42.6 Å². The topological polar surface area (TPSA) is 133 Å². The highest BCUT2D eigenvalue weighted by molar-refractivity contribution is 6.43. The van der Waals surface area contributed by atoms with E-state index in [4.69, 9.17) is 4.84 Å². The minimum absolute atomic E-state index is 0.0946. The van der Waals surface area contributed by atoms with Gasteiger partial charge in [0, 0.05) is 30.0 Å². The van der Waals surface area contributed by atoms with Crippen LogP contribution in [-0.4, -0.2) is 57.8 Å². The van der Waals surface area contributed by atoms with Crippen LogP contribution in [0.15, 0.2) is 72.0 Å². The van der Waals surface area contributed by atoms with Crippen molar-refractivity contribution in [1.29, 1.82) is 0 Å². The van der Waals surface area contributed by atoms with Crippen molar-refractivity contribution >= 4 is 35.5 Å². The zero-order chi connectivity index (χ0) is 26.4. The van der Waals surface area contributed by atoms with Gasteiger partial charge in [-0.1, -0.05) is 61.5 Å². The van der Waals surface area contributed by atoms with Crippen LogP contribution in [0.25, 0.3) is 10.9 Å². The van der Waals surface area contributed by atoms with Gasteiger partial charge in [0.05, 0.1) is 23.7 Å². The van der Waals surface area contributed by atoms with Gasteiger partial charge in [0.25, 0.3) is 11.8 Å². The number of hydrogen-bond acceptors (Lipinski definition) is 7. The van der Waals surface area contributed by atoms with Crippen molar-refractivity contribution in [2.45, 2.75) is 44.7 Å². The van der Waals surface area contributed by atoms with Gasteiger partial charge in [-0.05, 0) is 36.1 Å². The van der Waals surface area contributed by atoms with E-state index >= 15 is 0 Å². The molecule has 0 aliphatic carbocycles. The summed E-state index contributed by atoms with van der Waals surface area (Å²) in [5.74, 6) is -1.49. The summed E-state index contributed by atoms with van der Waals surface area (Å²) in [5.41, 5.74) is 1.20. The van der Waals surface area contributed by atoms with Crippen LogP contribution < -0.4 is 10.6 Å². The Labute approximate surface area is 216 Å². The van der Waals surface area contributed by atoms with E-state index < -0.39 is 24.6 Å². The number of aromatic nitrogens is 1. The maximum Gasteiger partial charge on any atom is 0.475 e. The maximum absolute atomic E-state index is 13.5. The third-order valence-corrected chi connectivity index (χ3v) is 6.33. The number of rotatable bonds is 10. The summed E-state index contributed by atoms with van der Waals surface area (Å²) in [6, 6.07) is 18.4. The van der Waals surface area contributed by atoms with Crippen molar-refractivity contribution < 1.29 is 24.5 Å². The highest BCUT2D eigenvalue weighted by Gasteiger charge is 2.48. The quantitative estimate of drug-likeness (QED) is 0.315. The molecule has 2 aromatic carbocycles. The Morgan fingerprint density at radius 1 is 1.08 bits per heavy atom. The lowest BCUT2D eigenvalue weighted by atomic mass is 9.74. The molecule has 0 bridgehead atoms. The molecule has 1 unspecified atom stereocenters.